The van der Waals surface area contributed by atoms with E-state index in [-0.39, 0.29) is 0 Å². The summed E-state index contributed by atoms with van der Waals surface area (Å²) < 4.78 is 0. The summed E-state index contributed by atoms with van der Waals surface area (Å²) in [5.41, 5.74) is 7.78. The molecule has 0 saturated carbocycles. The Morgan fingerprint density at radius 2 is 1.89 bits per heavy atom. The molecule has 0 aliphatic rings. The summed E-state index contributed by atoms with van der Waals surface area (Å²) in [5, 5.41) is 0.731. The van der Waals surface area contributed by atoms with Crippen molar-refractivity contribution in [2.24, 2.45) is 5.92 Å². The van der Waals surface area contributed by atoms with E-state index in [9.17, 15) is 0 Å². The quantitative estimate of drug-likeness (QED) is 0.806. The van der Waals surface area contributed by atoms with Crippen LogP contribution in [0.1, 0.15) is 13.8 Å². The highest BCUT2D eigenvalue weighted by Gasteiger charge is 2.14. The van der Waals surface area contributed by atoms with Crippen LogP contribution in [0.5, 0.6) is 0 Å². The van der Waals surface area contributed by atoms with Gasteiger partial charge in [-0.15, -0.1) is 0 Å². The van der Waals surface area contributed by atoms with Gasteiger partial charge in [0.15, 0.2) is 0 Å². The molecule has 3 nitrogen and oxygen atoms in total. The Morgan fingerprint density at radius 3 is 2.39 bits per heavy atom. The standard InChI is InChI=1S/C14H24ClN3/c1-11(2)10-18(9-8-17(3)4)14-12(15)6-5-7-13(14)16/h5-7,11H,8-10,16H2,1-4H3. The number of likely N-dealkylation sites (N-methyl/N-ethyl adjacent to an activating group) is 1. The van der Waals surface area contributed by atoms with Gasteiger partial charge in [-0.2, -0.15) is 0 Å². The van der Waals surface area contributed by atoms with Crippen molar-refractivity contribution >= 4 is 23.0 Å². The molecule has 2 N–H and O–H groups in total. The molecule has 0 unspecified atom stereocenters. The van der Waals surface area contributed by atoms with Crippen molar-refractivity contribution in [3.8, 4) is 0 Å². The molecule has 0 amide bonds. The summed E-state index contributed by atoms with van der Waals surface area (Å²) in [6.45, 7) is 7.28. The Balaban J connectivity index is 2.93. The predicted molar refractivity (Wildman–Crippen MR) is 81.5 cm³/mol. The molecule has 0 radical (unpaired) electrons. The predicted octanol–water partition coefficient (Wildman–Crippen LogP) is 2.95. The van der Waals surface area contributed by atoms with Crippen molar-refractivity contribution < 1.29 is 0 Å². The van der Waals surface area contributed by atoms with E-state index < -0.39 is 0 Å². The van der Waals surface area contributed by atoms with Crippen molar-refractivity contribution in [2.75, 3.05) is 44.4 Å². The first-order chi connectivity index (χ1) is 8.41. The first-order valence-corrected chi connectivity index (χ1v) is 6.73. The molecule has 0 saturated heterocycles. The first kappa shape index (κ1) is 15.1. The molecule has 0 bridgehead atoms. The molecule has 1 aromatic carbocycles. The van der Waals surface area contributed by atoms with Gasteiger partial charge >= 0.3 is 0 Å². The van der Waals surface area contributed by atoms with Gasteiger partial charge in [-0.05, 0) is 32.1 Å². The van der Waals surface area contributed by atoms with E-state index in [1.54, 1.807) is 0 Å². The molecule has 4 heteroatoms. The largest absolute Gasteiger partial charge is 0.397 e. The molecule has 0 heterocycles. The minimum atomic E-state index is 0.572. The van der Waals surface area contributed by atoms with Crippen LogP contribution >= 0.6 is 11.6 Å². The third-order valence-electron chi connectivity index (χ3n) is 2.74. The third-order valence-corrected chi connectivity index (χ3v) is 3.04. The van der Waals surface area contributed by atoms with Gasteiger partial charge in [-0.3, -0.25) is 0 Å². The monoisotopic (exact) mass is 269 g/mol. The average molecular weight is 270 g/mol. The van der Waals surface area contributed by atoms with Crippen molar-refractivity contribution in [3.63, 3.8) is 0 Å². The lowest BCUT2D eigenvalue weighted by Crippen LogP contribution is -2.35. The van der Waals surface area contributed by atoms with Gasteiger partial charge < -0.3 is 15.5 Å². The number of nitrogen functional groups attached to an aromatic ring is 1. The van der Waals surface area contributed by atoms with Gasteiger partial charge in [0.2, 0.25) is 0 Å². The highest BCUT2D eigenvalue weighted by Crippen LogP contribution is 2.32. The summed E-state index contributed by atoms with van der Waals surface area (Å²) in [7, 11) is 4.15. The number of benzene rings is 1. The Labute approximate surface area is 116 Å². The van der Waals surface area contributed by atoms with Gasteiger partial charge in [0.05, 0.1) is 16.4 Å². The molecule has 102 valence electrons. The molecular weight excluding hydrogens is 246 g/mol. The third kappa shape index (κ3) is 4.39. The van der Waals surface area contributed by atoms with E-state index >= 15 is 0 Å². The Bertz CT molecular complexity index is 357. The highest BCUT2D eigenvalue weighted by molar-refractivity contribution is 6.34. The van der Waals surface area contributed by atoms with Crippen LogP contribution in [-0.2, 0) is 0 Å². The Kier molecular flexibility index (Phi) is 5.76. The van der Waals surface area contributed by atoms with Crippen molar-refractivity contribution in [3.05, 3.63) is 23.2 Å². The van der Waals surface area contributed by atoms with Gasteiger partial charge in [-0.25, -0.2) is 0 Å². The zero-order valence-corrected chi connectivity index (χ0v) is 12.5. The second-order valence-corrected chi connectivity index (χ2v) is 5.73. The number of hydrogen-bond donors (Lipinski definition) is 1. The molecule has 0 atom stereocenters. The number of nitrogens with two attached hydrogens (primary N) is 1. The number of anilines is 2. The zero-order chi connectivity index (χ0) is 13.7. The fraction of sp³-hybridized carbons (Fsp3) is 0.571. The fourth-order valence-corrected chi connectivity index (χ4v) is 2.22. The van der Waals surface area contributed by atoms with E-state index in [0.29, 0.717) is 5.92 Å². The van der Waals surface area contributed by atoms with Crippen LogP contribution in [0.4, 0.5) is 11.4 Å². The summed E-state index contributed by atoms with van der Waals surface area (Å²) >= 11 is 6.29. The molecule has 1 rings (SSSR count). The van der Waals surface area contributed by atoms with Crippen LogP contribution in [-0.4, -0.2) is 38.6 Å². The van der Waals surface area contributed by atoms with E-state index in [2.05, 4.69) is 37.7 Å². The fourth-order valence-electron chi connectivity index (χ4n) is 1.92. The zero-order valence-electron chi connectivity index (χ0n) is 11.8. The smallest absolute Gasteiger partial charge is 0.0789 e. The average Bonchev–Trinajstić information content (AvgIpc) is 2.24. The van der Waals surface area contributed by atoms with Crippen molar-refractivity contribution in [1.82, 2.24) is 4.90 Å². The minimum absolute atomic E-state index is 0.572. The summed E-state index contributed by atoms with van der Waals surface area (Å²) in [6, 6.07) is 5.70. The SMILES string of the molecule is CC(C)CN(CCN(C)C)c1c(N)cccc1Cl. The molecule has 1 aromatic rings. The molecule has 18 heavy (non-hydrogen) atoms. The van der Waals surface area contributed by atoms with Gasteiger partial charge in [-0.1, -0.05) is 31.5 Å². The second-order valence-electron chi connectivity index (χ2n) is 5.32. The van der Waals surface area contributed by atoms with Crippen LogP contribution in [0.25, 0.3) is 0 Å². The molecule has 0 aliphatic heterocycles. The molecule has 0 aromatic heterocycles. The molecule has 0 fully saturated rings. The van der Waals surface area contributed by atoms with E-state index in [1.165, 1.54) is 0 Å². The summed E-state index contributed by atoms with van der Waals surface area (Å²) in [5.74, 6) is 0.572. The van der Waals surface area contributed by atoms with Crippen LogP contribution < -0.4 is 10.6 Å². The molecule has 0 spiro atoms. The minimum Gasteiger partial charge on any atom is -0.397 e. The van der Waals surface area contributed by atoms with Gasteiger partial charge in [0.25, 0.3) is 0 Å². The number of halogens is 1. The van der Waals surface area contributed by atoms with Crippen molar-refractivity contribution in [1.29, 1.82) is 0 Å². The molecule has 0 aliphatic carbocycles. The number of para-hydroxylation sites is 1. The number of nitrogens with zero attached hydrogens (tertiary/aromatic N) is 2. The maximum Gasteiger partial charge on any atom is 0.0789 e. The maximum absolute atomic E-state index is 6.29. The lowest BCUT2D eigenvalue weighted by Gasteiger charge is -2.30. The lowest BCUT2D eigenvalue weighted by atomic mass is 10.1. The summed E-state index contributed by atoms with van der Waals surface area (Å²) in [6.07, 6.45) is 0. The van der Waals surface area contributed by atoms with E-state index in [0.717, 1.165) is 36.0 Å². The summed E-state index contributed by atoms with van der Waals surface area (Å²) in [4.78, 5) is 4.45. The van der Waals surface area contributed by atoms with Gasteiger partial charge in [0, 0.05) is 19.6 Å². The van der Waals surface area contributed by atoms with Crippen LogP contribution in [0.2, 0.25) is 5.02 Å². The van der Waals surface area contributed by atoms with Gasteiger partial charge in [0.1, 0.15) is 0 Å². The van der Waals surface area contributed by atoms with Crippen LogP contribution in [0, 0.1) is 5.92 Å². The van der Waals surface area contributed by atoms with E-state index in [4.69, 9.17) is 17.3 Å². The van der Waals surface area contributed by atoms with Crippen LogP contribution in [0.15, 0.2) is 18.2 Å². The number of rotatable bonds is 6. The topological polar surface area (TPSA) is 32.5 Å². The first-order valence-electron chi connectivity index (χ1n) is 6.35. The molecular formula is C14H24ClN3. The highest BCUT2D eigenvalue weighted by atomic mass is 35.5. The van der Waals surface area contributed by atoms with Crippen LogP contribution in [0.3, 0.4) is 0 Å². The second kappa shape index (κ2) is 6.86. The number of hydrogen-bond acceptors (Lipinski definition) is 3. The normalized spacial score (nSPS) is 11.3. The maximum atomic E-state index is 6.29. The Hall–Kier alpha value is -0.930. The van der Waals surface area contributed by atoms with Crippen molar-refractivity contribution in [2.45, 2.75) is 13.8 Å². The van der Waals surface area contributed by atoms with E-state index in [1.807, 2.05) is 18.2 Å². The lowest BCUT2D eigenvalue weighted by molar-refractivity contribution is 0.409. The Morgan fingerprint density at radius 1 is 1.22 bits per heavy atom.